The summed E-state index contributed by atoms with van der Waals surface area (Å²) >= 11 is 3.07. The molecular formula is C4H9BrO7P2. The van der Waals surface area contributed by atoms with Crippen molar-refractivity contribution in [3.05, 3.63) is 12.3 Å². The summed E-state index contributed by atoms with van der Waals surface area (Å²) in [5.74, 6) is 0. The van der Waals surface area contributed by atoms with Crippen molar-refractivity contribution in [2.75, 3.05) is 0 Å². The molecule has 0 fully saturated rings. The van der Waals surface area contributed by atoms with E-state index >= 15 is 0 Å². The molecule has 0 bridgehead atoms. The Labute approximate surface area is 88.7 Å². The molecule has 0 saturated heterocycles. The highest BCUT2D eigenvalue weighted by molar-refractivity contribution is 9.09. The lowest BCUT2D eigenvalue weighted by Crippen LogP contribution is -1.89. The number of phosphoric ester groups is 1. The quantitative estimate of drug-likeness (QED) is 0.400. The van der Waals surface area contributed by atoms with Gasteiger partial charge in [-0.15, -0.1) is 0 Å². The van der Waals surface area contributed by atoms with Gasteiger partial charge in [-0.1, -0.05) is 15.9 Å². The SMILES string of the molecule is CC(Br)C=COP(=O)(O)OP(=O)(O)O. The summed E-state index contributed by atoms with van der Waals surface area (Å²) in [7, 11) is -9.78. The average molecular weight is 311 g/mol. The highest BCUT2D eigenvalue weighted by Crippen LogP contribution is 2.57. The van der Waals surface area contributed by atoms with Crippen LogP contribution in [0.5, 0.6) is 0 Å². The molecule has 7 nitrogen and oxygen atoms in total. The normalized spacial score (nSPS) is 19.2. The highest BCUT2D eigenvalue weighted by atomic mass is 79.9. The van der Waals surface area contributed by atoms with Crippen LogP contribution in [0.4, 0.5) is 0 Å². The predicted molar refractivity (Wildman–Crippen MR) is 51.6 cm³/mol. The first kappa shape index (κ1) is 14.3. The summed E-state index contributed by atoms with van der Waals surface area (Å²) in [6, 6.07) is 0. The van der Waals surface area contributed by atoms with Gasteiger partial charge in [0.15, 0.2) is 0 Å². The van der Waals surface area contributed by atoms with Crippen LogP contribution < -0.4 is 0 Å². The summed E-state index contributed by atoms with van der Waals surface area (Å²) in [4.78, 5) is 25.0. The van der Waals surface area contributed by atoms with Crippen LogP contribution in [-0.4, -0.2) is 19.5 Å². The number of hydrogen-bond donors (Lipinski definition) is 3. The van der Waals surface area contributed by atoms with E-state index in [9.17, 15) is 9.13 Å². The number of allylic oxidation sites excluding steroid dienone is 1. The fraction of sp³-hybridized carbons (Fsp3) is 0.500. The molecule has 84 valence electrons. The van der Waals surface area contributed by atoms with Crippen LogP contribution in [0.2, 0.25) is 0 Å². The van der Waals surface area contributed by atoms with Gasteiger partial charge in [-0.3, -0.25) is 4.89 Å². The Hall–Kier alpha value is 0.320. The Morgan fingerprint density at radius 2 is 1.86 bits per heavy atom. The molecule has 2 unspecified atom stereocenters. The average Bonchev–Trinajstić information content (AvgIpc) is 1.78. The maximum Gasteiger partial charge on any atom is 0.535 e. The molecule has 0 heterocycles. The second kappa shape index (κ2) is 5.42. The zero-order chi connectivity index (χ0) is 11.4. The molecule has 0 amide bonds. The van der Waals surface area contributed by atoms with Crippen molar-refractivity contribution in [1.29, 1.82) is 0 Å². The summed E-state index contributed by atoms with van der Waals surface area (Å²) in [5, 5.41) is 0. The third kappa shape index (κ3) is 8.90. The third-order valence-electron chi connectivity index (χ3n) is 0.747. The lowest BCUT2D eigenvalue weighted by molar-refractivity contribution is 0.216. The van der Waals surface area contributed by atoms with Crippen molar-refractivity contribution in [3.8, 4) is 0 Å². The lowest BCUT2D eigenvalue weighted by atomic mass is 10.5. The van der Waals surface area contributed by atoms with Crippen LogP contribution in [0.15, 0.2) is 12.3 Å². The molecule has 0 aromatic rings. The number of alkyl halides is 1. The van der Waals surface area contributed by atoms with Gasteiger partial charge in [-0.2, -0.15) is 4.31 Å². The molecule has 0 aromatic heterocycles. The number of phosphoric acid groups is 2. The molecule has 14 heavy (non-hydrogen) atoms. The smallest absolute Gasteiger partial charge is 0.412 e. The topological polar surface area (TPSA) is 113 Å². The first-order valence-corrected chi connectivity index (χ1v) is 7.15. The van der Waals surface area contributed by atoms with Gasteiger partial charge >= 0.3 is 15.6 Å². The van der Waals surface area contributed by atoms with Gasteiger partial charge in [-0.25, -0.2) is 9.13 Å². The Morgan fingerprint density at radius 1 is 1.36 bits per heavy atom. The Morgan fingerprint density at radius 3 is 2.21 bits per heavy atom. The molecule has 0 saturated carbocycles. The van der Waals surface area contributed by atoms with Gasteiger partial charge in [0.2, 0.25) is 0 Å². The van der Waals surface area contributed by atoms with E-state index in [4.69, 9.17) is 14.7 Å². The Balaban J connectivity index is 4.23. The minimum atomic E-state index is -5.03. The Kier molecular flexibility index (Phi) is 5.54. The second-order valence-electron chi connectivity index (χ2n) is 2.15. The molecule has 0 spiro atoms. The van der Waals surface area contributed by atoms with Crippen LogP contribution >= 0.6 is 31.6 Å². The van der Waals surface area contributed by atoms with E-state index in [-0.39, 0.29) is 4.83 Å². The van der Waals surface area contributed by atoms with Crippen molar-refractivity contribution in [2.24, 2.45) is 0 Å². The zero-order valence-electron chi connectivity index (χ0n) is 6.98. The van der Waals surface area contributed by atoms with Crippen LogP contribution in [0, 0.1) is 0 Å². The maximum atomic E-state index is 10.8. The summed E-state index contributed by atoms with van der Waals surface area (Å²) in [5.41, 5.74) is 0. The molecule has 0 radical (unpaired) electrons. The zero-order valence-corrected chi connectivity index (χ0v) is 10.4. The minimum absolute atomic E-state index is 0.113. The van der Waals surface area contributed by atoms with Crippen LogP contribution in [-0.2, 0) is 18.0 Å². The highest BCUT2D eigenvalue weighted by Gasteiger charge is 2.32. The summed E-state index contributed by atoms with van der Waals surface area (Å²) < 4.78 is 28.5. The van der Waals surface area contributed by atoms with E-state index < -0.39 is 15.6 Å². The monoisotopic (exact) mass is 310 g/mol. The first-order chi connectivity index (χ1) is 6.12. The van der Waals surface area contributed by atoms with Gasteiger partial charge < -0.3 is 14.3 Å². The fourth-order valence-electron chi connectivity index (χ4n) is 0.374. The van der Waals surface area contributed by atoms with E-state index in [2.05, 4.69) is 24.8 Å². The molecule has 3 N–H and O–H groups in total. The molecule has 0 aliphatic rings. The minimum Gasteiger partial charge on any atom is -0.412 e. The van der Waals surface area contributed by atoms with Gasteiger partial charge in [-0.05, 0) is 13.0 Å². The van der Waals surface area contributed by atoms with E-state index in [0.717, 1.165) is 6.26 Å². The van der Waals surface area contributed by atoms with Crippen LogP contribution in [0.25, 0.3) is 0 Å². The van der Waals surface area contributed by atoms with E-state index in [1.54, 1.807) is 6.92 Å². The molecule has 0 aliphatic carbocycles. The fourth-order valence-corrected chi connectivity index (χ4v) is 1.95. The standard InChI is InChI=1S/C4H9BrO7P2/c1-4(5)2-3-11-14(9,10)12-13(6,7)8/h2-4H,1H3,(H,9,10)(H2,6,7,8). The Bertz CT molecular complexity index is 294. The lowest BCUT2D eigenvalue weighted by Gasteiger charge is -2.10. The first-order valence-electron chi connectivity index (χ1n) is 3.21. The van der Waals surface area contributed by atoms with Gasteiger partial charge in [0.25, 0.3) is 0 Å². The van der Waals surface area contributed by atoms with Crippen molar-refractivity contribution < 1.29 is 32.6 Å². The molecule has 0 rings (SSSR count). The van der Waals surface area contributed by atoms with E-state index in [1.165, 1.54) is 6.08 Å². The summed E-state index contributed by atoms with van der Waals surface area (Å²) in [6.45, 7) is 1.70. The largest absolute Gasteiger partial charge is 0.535 e. The van der Waals surface area contributed by atoms with E-state index in [1.807, 2.05) is 0 Å². The van der Waals surface area contributed by atoms with Crippen molar-refractivity contribution in [2.45, 2.75) is 11.8 Å². The molecule has 10 heteroatoms. The molecular weight excluding hydrogens is 302 g/mol. The van der Waals surface area contributed by atoms with Gasteiger partial charge in [0, 0.05) is 4.83 Å². The van der Waals surface area contributed by atoms with Crippen molar-refractivity contribution in [3.63, 3.8) is 0 Å². The second-order valence-corrected chi connectivity index (χ2v) is 6.38. The number of halogens is 1. The van der Waals surface area contributed by atoms with E-state index in [0.29, 0.717) is 0 Å². The maximum absolute atomic E-state index is 10.8. The van der Waals surface area contributed by atoms with Gasteiger partial charge in [0.05, 0.1) is 6.26 Å². The van der Waals surface area contributed by atoms with Crippen LogP contribution in [0.3, 0.4) is 0 Å². The number of hydrogen-bond acceptors (Lipinski definition) is 4. The van der Waals surface area contributed by atoms with Crippen molar-refractivity contribution in [1.82, 2.24) is 0 Å². The predicted octanol–water partition coefficient (Wildman–Crippen LogP) is 1.51. The molecule has 0 aliphatic heterocycles. The van der Waals surface area contributed by atoms with Crippen LogP contribution in [0.1, 0.15) is 6.92 Å². The molecule has 0 aromatic carbocycles. The molecule has 2 atom stereocenters. The number of rotatable bonds is 5. The summed E-state index contributed by atoms with van der Waals surface area (Å²) in [6.07, 6.45) is 2.15. The third-order valence-corrected chi connectivity index (χ3v) is 3.12. The van der Waals surface area contributed by atoms with Gasteiger partial charge in [0.1, 0.15) is 0 Å². The van der Waals surface area contributed by atoms with Crippen molar-refractivity contribution >= 4 is 31.6 Å².